The Kier molecular flexibility index (Phi) is 3.58. The quantitative estimate of drug-likeness (QED) is 0.820. The van der Waals surface area contributed by atoms with Crippen molar-refractivity contribution in [1.82, 2.24) is 25.1 Å². The second-order valence-electron chi connectivity index (χ2n) is 4.45. The number of aryl methyl sites for hydroxylation is 2. The highest BCUT2D eigenvalue weighted by Gasteiger charge is 2.08. The molecule has 92 valence electrons. The van der Waals surface area contributed by atoms with Crippen LogP contribution in [0, 0.1) is 13.8 Å². The molecule has 0 radical (unpaired) electrons. The van der Waals surface area contributed by atoms with Crippen LogP contribution in [0.5, 0.6) is 0 Å². The molecule has 2 heterocycles. The summed E-state index contributed by atoms with van der Waals surface area (Å²) in [7, 11) is 0. The van der Waals surface area contributed by atoms with Crippen molar-refractivity contribution >= 4 is 0 Å². The van der Waals surface area contributed by atoms with Crippen molar-refractivity contribution in [1.29, 1.82) is 0 Å². The van der Waals surface area contributed by atoms with Crippen molar-refractivity contribution in [3.8, 4) is 0 Å². The molecule has 0 aliphatic rings. The molecule has 0 saturated carbocycles. The van der Waals surface area contributed by atoms with E-state index in [2.05, 4.69) is 38.9 Å². The van der Waals surface area contributed by atoms with E-state index in [1.165, 1.54) is 5.56 Å². The van der Waals surface area contributed by atoms with E-state index < -0.39 is 0 Å². The predicted molar refractivity (Wildman–Crippen MR) is 66.6 cm³/mol. The maximum absolute atomic E-state index is 4.19. The number of nitrogens with zero attached hydrogens (tertiary/aromatic N) is 3. The fraction of sp³-hybridized carbons (Fsp3) is 0.500. The molecule has 0 aromatic carbocycles. The van der Waals surface area contributed by atoms with E-state index in [-0.39, 0.29) is 0 Å². The SMILES string of the molecule is Cc1n[nH]c(C)c1CNC(C)Cn1ccnc1. The van der Waals surface area contributed by atoms with Gasteiger partial charge in [0, 0.05) is 42.8 Å². The number of rotatable bonds is 5. The lowest BCUT2D eigenvalue weighted by molar-refractivity contribution is 0.475. The van der Waals surface area contributed by atoms with E-state index in [9.17, 15) is 0 Å². The van der Waals surface area contributed by atoms with E-state index in [1.807, 2.05) is 19.4 Å². The lowest BCUT2D eigenvalue weighted by atomic mass is 10.2. The minimum Gasteiger partial charge on any atom is -0.336 e. The minimum absolute atomic E-state index is 0.401. The van der Waals surface area contributed by atoms with Gasteiger partial charge in [0.1, 0.15) is 0 Å². The fourth-order valence-corrected chi connectivity index (χ4v) is 1.89. The van der Waals surface area contributed by atoms with E-state index in [0.717, 1.165) is 24.5 Å². The first-order valence-electron chi connectivity index (χ1n) is 5.86. The standard InChI is InChI=1S/C12H19N5/c1-9(7-17-5-4-13-8-17)14-6-12-10(2)15-16-11(12)3/h4-5,8-9,14H,6-7H2,1-3H3,(H,15,16). The van der Waals surface area contributed by atoms with Crippen LogP contribution in [-0.4, -0.2) is 25.8 Å². The average Bonchev–Trinajstić information content (AvgIpc) is 2.88. The van der Waals surface area contributed by atoms with E-state index in [0.29, 0.717) is 6.04 Å². The molecular weight excluding hydrogens is 214 g/mol. The van der Waals surface area contributed by atoms with Gasteiger partial charge in [-0.2, -0.15) is 5.10 Å². The number of hydrogen-bond donors (Lipinski definition) is 2. The third-order valence-electron chi connectivity index (χ3n) is 2.95. The molecule has 2 aromatic heterocycles. The second kappa shape index (κ2) is 5.14. The van der Waals surface area contributed by atoms with Crippen molar-refractivity contribution in [2.75, 3.05) is 0 Å². The first-order valence-corrected chi connectivity index (χ1v) is 5.86. The monoisotopic (exact) mass is 233 g/mol. The highest BCUT2D eigenvalue weighted by Crippen LogP contribution is 2.08. The minimum atomic E-state index is 0.401. The van der Waals surface area contributed by atoms with Gasteiger partial charge in [0.15, 0.2) is 0 Å². The Morgan fingerprint density at radius 3 is 2.88 bits per heavy atom. The lowest BCUT2D eigenvalue weighted by Crippen LogP contribution is -2.29. The maximum atomic E-state index is 4.19. The summed E-state index contributed by atoms with van der Waals surface area (Å²) < 4.78 is 2.08. The molecule has 0 spiro atoms. The number of imidazole rings is 1. The highest BCUT2D eigenvalue weighted by molar-refractivity contribution is 5.22. The van der Waals surface area contributed by atoms with Crippen LogP contribution in [0.4, 0.5) is 0 Å². The van der Waals surface area contributed by atoms with Crippen LogP contribution < -0.4 is 5.32 Å². The highest BCUT2D eigenvalue weighted by atomic mass is 15.1. The molecule has 5 heteroatoms. The van der Waals surface area contributed by atoms with Crippen molar-refractivity contribution in [2.24, 2.45) is 0 Å². The van der Waals surface area contributed by atoms with Crippen molar-refractivity contribution in [3.05, 3.63) is 35.7 Å². The smallest absolute Gasteiger partial charge is 0.0946 e. The van der Waals surface area contributed by atoms with Gasteiger partial charge >= 0.3 is 0 Å². The topological polar surface area (TPSA) is 58.5 Å². The van der Waals surface area contributed by atoms with Crippen LogP contribution in [0.1, 0.15) is 23.9 Å². The summed E-state index contributed by atoms with van der Waals surface area (Å²) >= 11 is 0. The summed E-state index contributed by atoms with van der Waals surface area (Å²) in [4.78, 5) is 4.03. The molecule has 0 aliphatic carbocycles. The normalized spacial score (nSPS) is 12.9. The Morgan fingerprint density at radius 1 is 1.47 bits per heavy atom. The summed E-state index contributed by atoms with van der Waals surface area (Å²) in [6, 6.07) is 0.401. The molecule has 0 aliphatic heterocycles. The largest absolute Gasteiger partial charge is 0.336 e. The Morgan fingerprint density at radius 2 is 2.29 bits per heavy atom. The molecule has 0 saturated heterocycles. The average molecular weight is 233 g/mol. The lowest BCUT2D eigenvalue weighted by Gasteiger charge is -2.14. The molecule has 2 rings (SSSR count). The van der Waals surface area contributed by atoms with Gasteiger partial charge in [0.2, 0.25) is 0 Å². The van der Waals surface area contributed by atoms with Gasteiger partial charge in [0.25, 0.3) is 0 Å². The molecule has 0 bridgehead atoms. The molecular formula is C12H19N5. The number of aromatic amines is 1. The zero-order valence-corrected chi connectivity index (χ0v) is 10.6. The summed E-state index contributed by atoms with van der Waals surface area (Å²) in [5, 5.41) is 10.7. The Balaban J connectivity index is 1.86. The van der Waals surface area contributed by atoms with Crippen LogP contribution in [0.15, 0.2) is 18.7 Å². The van der Waals surface area contributed by atoms with Gasteiger partial charge in [-0.15, -0.1) is 0 Å². The zero-order valence-electron chi connectivity index (χ0n) is 10.6. The zero-order chi connectivity index (χ0) is 12.3. The van der Waals surface area contributed by atoms with Crippen LogP contribution in [-0.2, 0) is 13.1 Å². The molecule has 0 fully saturated rings. The van der Waals surface area contributed by atoms with E-state index in [1.54, 1.807) is 6.20 Å². The van der Waals surface area contributed by atoms with Crippen LogP contribution >= 0.6 is 0 Å². The van der Waals surface area contributed by atoms with Crippen molar-refractivity contribution < 1.29 is 0 Å². The number of H-pyrrole nitrogens is 1. The van der Waals surface area contributed by atoms with Gasteiger partial charge in [-0.05, 0) is 20.8 Å². The summed E-state index contributed by atoms with van der Waals surface area (Å²) in [6.45, 7) is 8.03. The molecule has 17 heavy (non-hydrogen) atoms. The summed E-state index contributed by atoms with van der Waals surface area (Å²) in [6.07, 6.45) is 5.62. The molecule has 1 atom stereocenters. The Labute approximate surface area is 101 Å². The molecule has 2 aromatic rings. The van der Waals surface area contributed by atoms with E-state index in [4.69, 9.17) is 0 Å². The number of nitrogens with one attached hydrogen (secondary N) is 2. The third-order valence-corrected chi connectivity index (χ3v) is 2.95. The van der Waals surface area contributed by atoms with Gasteiger partial charge in [-0.1, -0.05) is 0 Å². The molecule has 1 unspecified atom stereocenters. The summed E-state index contributed by atoms with van der Waals surface area (Å²) in [5.74, 6) is 0. The van der Waals surface area contributed by atoms with Crippen molar-refractivity contribution in [2.45, 2.75) is 39.9 Å². The number of hydrogen-bond acceptors (Lipinski definition) is 3. The first kappa shape index (κ1) is 11.9. The van der Waals surface area contributed by atoms with Gasteiger partial charge in [0.05, 0.1) is 12.0 Å². The van der Waals surface area contributed by atoms with Crippen LogP contribution in [0.25, 0.3) is 0 Å². The maximum Gasteiger partial charge on any atom is 0.0946 e. The van der Waals surface area contributed by atoms with Crippen LogP contribution in [0.3, 0.4) is 0 Å². The molecule has 5 nitrogen and oxygen atoms in total. The second-order valence-corrected chi connectivity index (χ2v) is 4.45. The predicted octanol–water partition coefficient (Wildman–Crippen LogP) is 1.40. The van der Waals surface area contributed by atoms with E-state index >= 15 is 0 Å². The third kappa shape index (κ3) is 2.94. The Hall–Kier alpha value is -1.62. The molecule has 0 amide bonds. The first-order chi connectivity index (χ1) is 8.16. The number of aromatic nitrogens is 4. The summed E-state index contributed by atoms with van der Waals surface area (Å²) in [5.41, 5.74) is 3.48. The van der Waals surface area contributed by atoms with Crippen LogP contribution in [0.2, 0.25) is 0 Å². The van der Waals surface area contributed by atoms with Crippen molar-refractivity contribution in [3.63, 3.8) is 0 Å². The van der Waals surface area contributed by atoms with Gasteiger partial charge in [-0.3, -0.25) is 5.10 Å². The fourth-order valence-electron chi connectivity index (χ4n) is 1.89. The van der Waals surface area contributed by atoms with Gasteiger partial charge < -0.3 is 9.88 Å². The molecule has 2 N–H and O–H groups in total. The Bertz CT molecular complexity index is 438. The van der Waals surface area contributed by atoms with Gasteiger partial charge in [-0.25, -0.2) is 4.98 Å².